The van der Waals surface area contributed by atoms with Gasteiger partial charge in [0.05, 0.1) is 4.90 Å². The first-order chi connectivity index (χ1) is 16.2. The summed E-state index contributed by atoms with van der Waals surface area (Å²) in [5, 5.41) is 0.691. The number of ether oxygens (including phenoxy) is 1. The Labute approximate surface area is 197 Å². The molecule has 0 unspecified atom stereocenters. The van der Waals surface area contributed by atoms with Gasteiger partial charge >= 0.3 is 11.6 Å². The van der Waals surface area contributed by atoms with E-state index in [9.17, 15) is 18.0 Å². The average molecular weight is 478 g/mol. The van der Waals surface area contributed by atoms with Gasteiger partial charge in [-0.25, -0.2) is 18.0 Å². The summed E-state index contributed by atoms with van der Waals surface area (Å²) in [5.41, 5.74) is 2.69. The molecule has 0 saturated carbocycles. The summed E-state index contributed by atoms with van der Waals surface area (Å²) < 4.78 is 38.4. The lowest BCUT2D eigenvalue weighted by Gasteiger charge is -2.15. The number of hydrogen-bond acceptors (Lipinski definition) is 6. The molecule has 0 fully saturated rings. The van der Waals surface area contributed by atoms with E-state index in [-0.39, 0.29) is 10.6 Å². The van der Waals surface area contributed by atoms with Crippen molar-refractivity contribution >= 4 is 27.0 Å². The van der Waals surface area contributed by atoms with Crippen molar-refractivity contribution in [3.63, 3.8) is 0 Å². The van der Waals surface area contributed by atoms with Crippen LogP contribution in [0.4, 0.5) is 0 Å². The predicted molar refractivity (Wildman–Crippen MR) is 129 cm³/mol. The number of fused-ring (bicyclic) bond motifs is 1. The third-order valence-corrected chi connectivity index (χ3v) is 6.98. The molecule has 3 aromatic carbocycles. The van der Waals surface area contributed by atoms with Gasteiger partial charge in [0.1, 0.15) is 17.4 Å². The Morgan fingerprint density at radius 1 is 0.971 bits per heavy atom. The summed E-state index contributed by atoms with van der Waals surface area (Å²) in [6.07, 6.45) is 0. The van der Waals surface area contributed by atoms with Gasteiger partial charge in [0.2, 0.25) is 10.0 Å². The van der Waals surface area contributed by atoms with Gasteiger partial charge < -0.3 is 9.15 Å². The van der Waals surface area contributed by atoms with Gasteiger partial charge in [0.25, 0.3) is 0 Å². The highest BCUT2D eigenvalue weighted by atomic mass is 32.2. The molecule has 0 bridgehead atoms. The summed E-state index contributed by atoms with van der Waals surface area (Å²) >= 11 is 0. The smallest absolute Gasteiger partial charge is 0.336 e. The Balaban J connectivity index is 1.61. The van der Waals surface area contributed by atoms with Gasteiger partial charge in [-0.05, 0) is 56.2 Å². The van der Waals surface area contributed by atoms with Crippen LogP contribution in [0.5, 0.6) is 5.75 Å². The van der Waals surface area contributed by atoms with Crippen LogP contribution in [0.25, 0.3) is 22.1 Å². The Bertz CT molecular complexity index is 1520. The molecule has 0 amide bonds. The van der Waals surface area contributed by atoms with E-state index >= 15 is 0 Å². The first-order valence-electron chi connectivity index (χ1n) is 10.6. The number of carbonyl (C=O) groups excluding carboxylic acids is 1. The first kappa shape index (κ1) is 23.4. The van der Waals surface area contributed by atoms with E-state index in [0.29, 0.717) is 22.1 Å². The Hall–Kier alpha value is -3.75. The van der Waals surface area contributed by atoms with Crippen LogP contribution >= 0.6 is 0 Å². The molecule has 0 aliphatic carbocycles. The SMILES string of the molecule is Cc1ccc(S(=O)(=O)N[C@@H](C)C(=O)Oc2ccc3c(-c4ccccc4)cc(=O)oc3c2C)cc1. The van der Waals surface area contributed by atoms with Gasteiger partial charge in [-0.1, -0.05) is 48.0 Å². The zero-order chi connectivity index (χ0) is 24.5. The van der Waals surface area contributed by atoms with Gasteiger partial charge in [0.15, 0.2) is 0 Å². The molecule has 0 spiro atoms. The van der Waals surface area contributed by atoms with Crippen molar-refractivity contribution in [3.8, 4) is 16.9 Å². The fraction of sp³-hybridized carbons (Fsp3) is 0.154. The zero-order valence-corrected chi connectivity index (χ0v) is 19.7. The molecule has 0 radical (unpaired) electrons. The van der Waals surface area contributed by atoms with E-state index in [1.807, 2.05) is 37.3 Å². The number of sulfonamides is 1. The van der Waals surface area contributed by atoms with Crippen LogP contribution in [0.1, 0.15) is 18.1 Å². The van der Waals surface area contributed by atoms with Crippen molar-refractivity contribution < 1.29 is 22.4 Å². The molecule has 0 aliphatic rings. The van der Waals surface area contributed by atoms with Crippen molar-refractivity contribution in [2.24, 2.45) is 0 Å². The minimum absolute atomic E-state index is 0.0508. The van der Waals surface area contributed by atoms with Crippen LogP contribution in [0, 0.1) is 13.8 Å². The lowest BCUT2D eigenvalue weighted by atomic mass is 10.0. The second kappa shape index (κ2) is 9.24. The van der Waals surface area contributed by atoms with E-state index in [1.54, 1.807) is 31.2 Å². The fourth-order valence-electron chi connectivity index (χ4n) is 3.57. The minimum atomic E-state index is -3.91. The Kier molecular flexibility index (Phi) is 6.37. The van der Waals surface area contributed by atoms with E-state index in [1.165, 1.54) is 25.1 Å². The maximum atomic E-state index is 12.7. The molecule has 8 heteroatoms. The predicted octanol–water partition coefficient (Wildman–Crippen LogP) is 4.35. The maximum absolute atomic E-state index is 12.7. The van der Waals surface area contributed by atoms with Crippen LogP contribution in [0.3, 0.4) is 0 Å². The second-order valence-electron chi connectivity index (χ2n) is 7.99. The molecule has 4 aromatic rings. The van der Waals surface area contributed by atoms with Crippen molar-refractivity contribution in [2.45, 2.75) is 31.7 Å². The summed E-state index contributed by atoms with van der Waals surface area (Å²) in [4.78, 5) is 25.0. The summed E-state index contributed by atoms with van der Waals surface area (Å²) in [5.74, 6) is -0.619. The molecule has 4 rings (SSSR count). The molecule has 1 aromatic heterocycles. The zero-order valence-electron chi connectivity index (χ0n) is 18.9. The lowest BCUT2D eigenvalue weighted by Crippen LogP contribution is -2.40. The van der Waals surface area contributed by atoms with E-state index in [4.69, 9.17) is 9.15 Å². The standard InChI is InChI=1S/C26H23NO6S/c1-16-9-11-20(12-10-16)34(30,31)27-18(3)26(29)32-23-14-13-21-22(19-7-5-4-6-8-19)15-24(28)33-25(21)17(23)2/h4-15,18,27H,1-3H3/t18-/m0/s1. The van der Waals surface area contributed by atoms with Crippen LogP contribution < -0.4 is 15.1 Å². The highest BCUT2D eigenvalue weighted by Crippen LogP contribution is 2.33. The number of esters is 1. The number of carbonyl (C=O) groups is 1. The highest BCUT2D eigenvalue weighted by Gasteiger charge is 2.24. The third-order valence-electron chi connectivity index (χ3n) is 5.42. The van der Waals surface area contributed by atoms with E-state index in [2.05, 4.69) is 4.72 Å². The number of hydrogen-bond donors (Lipinski definition) is 1. The molecule has 1 N–H and O–H groups in total. The van der Waals surface area contributed by atoms with Crippen molar-refractivity contribution in [1.29, 1.82) is 0 Å². The van der Waals surface area contributed by atoms with Crippen molar-refractivity contribution in [2.75, 3.05) is 0 Å². The topological polar surface area (TPSA) is 103 Å². The average Bonchev–Trinajstić information content (AvgIpc) is 2.81. The summed E-state index contributed by atoms with van der Waals surface area (Å²) in [7, 11) is -3.91. The van der Waals surface area contributed by atoms with Crippen LogP contribution in [-0.2, 0) is 14.8 Å². The third kappa shape index (κ3) is 4.78. The molecular formula is C26H23NO6S. The Morgan fingerprint density at radius 2 is 1.65 bits per heavy atom. The monoisotopic (exact) mass is 477 g/mol. The maximum Gasteiger partial charge on any atom is 0.336 e. The summed E-state index contributed by atoms with van der Waals surface area (Å²) in [6, 6.07) is 19.3. The highest BCUT2D eigenvalue weighted by molar-refractivity contribution is 7.89. The largest absolute Gasteiger partial charge is 0.425 e. The van der Waals surface area contributed by atoms with Crippen LogP contribution in [-0.4, -0.2) is 20.4 Å². The molecule has 34 heavy (non-hydrogen) atoms. The first-order valence-corrected chi connectivity index (χ1v) is 12.1. The normalized spacial score (nSPS) is 12.4. The van der Waals surface area contributed by atoms with Gasteiger partial charge in [-0.15, -0.1) is 0 Å². The van der Waals surface area contributed by atoms with Crippen LogP contribution in [0.15, 0.2) is 86.9 Å². The van der Waals surface area contributed by atoms with Gasteiger partial charge in [0, 0.05) is 17.0 Å². The van der Waals surface area contributed by atoms with Gasteiger partial charge in [-0.3, -0.25) is 0 Å². The van der Waals surface area contributed by atoms with Crippen molar-refractivity contribution in [1.82, 2.24) is 4.72 Å². The quantitative estimate of drug-likeness (QED) is 0.252. The van der Waals surface area contributed by atoms with E-state index < -0.39 is 27.7 Å². The minimum Gasteiger partial charge on any atom is -0.425 e. The summed E-state index contributed by atoms with van der Waals surface area (Å²) in [6.45, 7) is 4.92. The molecule has 0 aliphatic heterocycles. The van der Waals surface area contributed by atoms with Gasteiger partial charge in [-0.2, -0.15) is 4.72 Å². The molecule has 174 valence electrons. The van der Waals surface area contributed by atoms with E-state index in [0.717, 1.165) is 11.1 Å². The second-order valence-corrected chi connectivity index (χ2v) is 9.70. The molecule has 7 nitrogen and oxygen atoms in total. The fourth-order valence-corrected chi connectivity index (χ4v) is 4.77. The lowest BCUT2D eigenvalue weighted by molar-refractivity contribution is -0.135. The Morgan fingerprint density at radius 3 is 2.32 bits per heavy atom. The number of nitrogens with one attached hydrogen (secondary N) is 1. The van der Waals surface area contributed by atoms with Crippen molar-refractivity contribution in [3.05, 3.63) is 94.3 Å². The number of rotatable bonds is 6. The number of benzene rings is 3. The molecule has 0 saturated heterocycles. The molecule has 1 atom stereocenters. The molecule has 1 heterocycles. The van der Waals surface area contributed by atoms with Crippen LogP contribution in [0.2, 0.25) is 0 Å². The molecular weight excluding hydrogens is 454 g/mol. The number of aryl methyl sites for hydroxylation is 2.